The van der Waals surface area contributed by atoms with Crippen LogP contribution in [-0.2, 0) is 4.74 Å². The van der Waals surface area contributed by atoms with Gasteiger partial charge in [-0.05, 0) is 41.4 Å². The van der Waals surface area contributed by atoms with E-state index in [4.69, 9.17) is 4.74 Å². The number of esters is 1. The summed E-state index contributed by atoms with van der Waals surface area (Å²) < 4.78 is 5.75. The van der Waals surface area contributed by atoms with E-state index < -0.39 is 0 Å². The Morgan fingerprint density at radius 2 is 2.25 bits per heavy atom. The SMILES string of the molecule is CCOC(=O)c1[nH]c2cccc(C)c2c1Br. The monoisotopic (exact) mass is 281 g/mol. The number of aromatic amines is 1. The molecule has 84 valence electrons. The number of rotatable bonds is 2. The Labute approximate surface area is 102 Å². The average molecular weight is 282 g/mol. The molecular formula is C12H12BrNO2. The van der Waals surface area contributed by atoms with Gasteiger partial charge in [-0.2, -0.15) is 0 Å². The minimum Gasteiger partial charge on any atom is -0.461 e. The molecule has 0 saturated heterocycles. The Balaban J connectivity index is 2.61. The molecule has 0 atom stereocenters. The fourth-order valence-electron chi connectivity index (χ4n) is 1.72. The number of carbonyl (C=O) groups is 1. The van der Waals surface area contributed by atoms with Crippen molar-refractivity contribution >= 4 is 32.8 Å². The standard InChI is InChI=1S/C12H12BrNO2/c1-3-16-12(15)11-10(13)9-7(2)5-4-6-8(9)14-11/h4-6,14H,3H2,1-2H3. The molecule has 0 spiro atoms. The number of carbonyl (C=O) groups excluding carboxylic acids is 1. The van der Waals surface area contributed by atoms with Gasteiger partial charge in [0.05, 0.1) is 11.1 Å². The summed E-state index contributed by atoms with van der Waals surface area (Å²) in [4.78, 5) is 14.7. The van der Waals surface area contributed by atoms with Crippen LogP contribution in [0, 0.1) is 6.92 Å². The molecule has 0 bridgehead atoms. The maximum atomic E-state index is 11.7. The molecule has 1 aromatic heterocycles. The fourth-order valence-corrected chi connectivity index (χ4v) is 2.51. The van der Waals surface area contributed by atoms with Gasteiger partial charge in [-0.3, -0.25) is 0 Å². The lowest BCUT2D eigenvalue weighted by molar-refractivity contribution is 0.0519. The van der Waals surface area contributed by atoms with Gasteiger partial charge in [0.15, 0.2) is 0 Å². The number of H-pyrrole nitrogens is 1. The van der Waals surface area contributed by atoms with Crippen molar-refractivity contribution in [1.29, 1.82) is 0 Å². The Hall–Kier alpha value is -1.29. The average Bonchev–Trinajstić information content (AvgIpc) is 2.58. The summed E-state index contributed by atoms with van der Waals surface area (Å²) in [7, 11) is 0. The van der Waals surface area contributed by atoms with E-state index >= 15 is 0 Å². The molecule has 0 radical (unpaired) electrons. The first-order valence-electron chi connectivity index (χ1n) is 5.09. The van der Waals surface area contributed by atoms with Gasteiger partial charge in [0.25, 0.3) is 0 Å². The first-order valence-corrected chi connectivity index (χ1v) is 5.88. The predicted octanol–water partition coefficient (Wildman–Crippen LogP) is 3.42. The largest absolute Gasteiger partial charge is 0.461 e. The summed E-state index contributed by atoms with van der Waals surface area (Å²) in [5.41, 5.74) is 2.54. The second kappa shape index (κ2) is 4.29. The van der Waals surface area contributed by atoms with E-state index in [1.165, 1.54) is 0 Å². The molecule has 0 aliphatic rings. The molecule has 1 heterocycles. The lowest BCUT2D eigenvalue weighted by Gasteiger charge is -1.99. The van der Waals surface area contributed by atoms with Crippen LogP contribution in [0.25, 0.3) is 10.9 Å². The zero-order chi connectivity index (χ0) is 11.7. The normalized spacial score (nSPS) is 10.7. The van der Waals surface area contributed by atoms with E-state index in [0.717, 1.165) is 20.9 Å². The lowest BCUT2D eigenvalue weighted by atomic mass is 10.1. The zero-order valence-corrected chi connectivity index (χ0v) is 10.7. The van der Waals surface area contributed by atoms with Crippen molar-refractivity contribution in [2.75, 3.05) is 6.61 Å². The van der Waals surface area contributed by atoms with E-state index in [-0.39, 0.29) is 5.97 Å². The Morgan fingerprint density at radius 1 is 1.50 bits per heavy atom. The minimum absolute atomic E-state index is 0.329. The number of nitrogens with one attached hydrogen (secondary N) is 1. The smallest absolute Gasteiger partial charge is 0.355 e. The number of ether oxygens (including phenoxy) is 1. The highest BCUT2D eigenvalue weighted by Crippen LogP contribution is 2.30. The number of aromatic nitrogens is 1. The maximum Gasteiger partial charge on any atom is 0.355 e. The summed E-state index contributed by atoms with van der Waals surface area (Å²) in [6, 6.07) is 5.90. The third-order valence-electron chi connectivity index (χ3n) is 2.45. The van der Waals surface area contributed by atoms with Crippen molar-refractivity contribution in [3.05, 3.63) is 33.9 Å². The molecule has 2 rings (SSSR count). The van der Waals surface area contributed by atoms with E-state index in [0.29, 0.717) is 12.3 Å². The van der Waals surface area contributed by atoms with Crippen LogP contribution >= 0.6 is 15.9 Å². The maximum absolute atomic E-state index is 11.7. The van der Waals surface area contributed by atoms with Crippen LogP contribution in [0.5, 0.6) is 0 Å². The van der Waals surface area contributed by atoms with Crippen LogP contribution in [0.4, 0.5) is 0 Å². The number of halogens is 1. The highest BCUT2D eigenvalue weighted by atomic mass is 79.9. The highest BCUT2D eigenvalue weighted by molar-refractivity contribution is 9.10. The zero-order valence-electron chi connectivity index (χ0n) is 9.13. The minimum atomic E-state index is -0.329. The second-order valence-electron chi connectivity index (χ2n) is 3.53. The van der Waals surface area contributed by atoms with Crippen LogP contribution in [0.2, 0.25) is 0 Å². The number of hydrogen-bond acceptors (Lipinski definition) is 2. The molecule has 0 fully saturated rings. The van der Waals surface area contributed by atoms with Gasteiger partial charge in [-0.1, -0.05) is 12.1 Å². The molecule has 3 nitrogen and oxygen atoms in total. The molecule has 4 heteroatoms. The van der Waals surface area contributed by atoms with Gasteiger partial charge < -0.3 is 9.72 Å². The first kappa shape index (κ1) is 11.2. The van der Waals surface area contributed by atoms with E-state index in [1.807, 2.05) is 25.1 Å². The summed E-state index contributed by atoms with van der Waals surface area (Å²) in [6.45, 7) is 4.18. The van der Waals surface area contributed by atoms with Crippen molar-refractivity contribution in [3.63, 3.8) is 0 Å². The van der Waals surface area contributed by atoms with E-state index in [2.05, 4.69) is 20.9 Å². The molecule has 0 aliphatic carbocycles. The molecule has 1 N–H and O–H groups in total. The Kier molecular flexibility index (Phi) is 3.01. The van der Waals surface area contributed by atoms with Crippen molar-refractivity contribution in [3.8, 4) is 0 Å². The van der Waals surface area contributed by atoms with Crippen molar-refractivity contribution in [2.24, 2.45) is 0 Å². The summed E-state index contributed by atoms with van der Waals surface area (Å²) in [6.07, 6.45) is 0. The van der Waals surface area contributed by atoms with Gasteiger partial charge >= 0.3 is 5.97 Å². The Morgan fingerprint density at radius 3 is 2.88 bits per heavy atom. The summed E-state index contributed by atoms with van der Waals surface area (Å²) >= 11 is 3.44. The van der Waals surface area contributed by atoms with Crippen LogP contribution in [0.3, 0.4) is 0 Å². The second-order valence-corrected chi connectivity index (χ2v) is 4.32. The van der Waals surface area contributed by atoms with Gasteiger partial charge in [-0.15, -0.1) is 0 Å². The molecule has 0 aliphatic heterocycles. The van der Waals surface area contributed by atoms with Crippen LogP contribution < -0.4 is 0 Å². The molecule has 0 unspecified atom stereocenters. The van der Waals surface area contributed by atoms with E-state index in [9.17, 15) is 4.79 Å². The Bertz CT molecular complexity index is 545. The number of fused-ring (bicyclic) bond motifs is 1. The fraction of sp³-hybridized carbons (Fsp3) is 0.250. The van der Waals surface area contributed by atoms with Crippen LogP contribution in [0.15, 0.2) is 22.7 Å². The van der Waals surface area contributed by atoms with Gasteiger partial charge in [0, 0.05) is 10.9 Å². The molecule has 2 aromatic rings. The highest BCUT2D eigenvalue weighted by Gasteiger charge is 2.17. The van der Waals surface area contributed by atoms with Crippen molar-refractivity contribution in [1.82, 2.24) is 4.98 Å². The first-order chi connectivity index (χ1) is 7.65. The molecule has 1 aromatic carbocycles. The number of aryl methyl sites for hydroxylation is 1. The van der Waals surface area contributed by atoms with Gasteiger partial charge in [-0.25, -0.2) is 4.79 Å². The number of benzene rings is 1. The quantitative estimate of drug-likeness (QED) is 0.857. The molecule has 16 heavy (non-hydrogen) atoms. The predicted molar refractivity (Wildman–Crippen MR) is 66.7 cm³/mol. The summed E-state index contributed by atoms with van der Waals surface area (Å²) in [5, 5.41) is 1.03. The number of hydrogen-bond donors (Lipinski definition) is 1. The third kappa shape index (κ3) is 1.73. The summed E-state index contributed by atoms with van der Waals surface area (Å²) in [5.74, 6) is -0.329. The molecular weight excluding hydrogens is 270 g/mol. The molecule has 0 amide bonds. The van der Waals surface area contributed by atoms with Crippen LogP contribution in [-0.4, -0.2) is 17.6 Å². The van der Waals surface area contributed by atoms with Gasteiger partial charge in [0.1, 0.15) is 5.69 Å². The van der Waals surface area contributed by atoms with Crippen molar-refractivity contribution in [2.45, 2.75) is 13.8 Å². The van der Waals surface area contributed by atoms with Crippen LogP contribution in [0.1, 0.15) is 23.0 Å². The lowest BCUT2D eigenvalue weighted by Crippen LogP contribution is -2.05. The third-order valence-corrected chi connectivity index (χ3v) is 3.24. The van der Waals surface area contributed by atoms with Gasteiger partial charge in [0.2, 0.25) is 0 Å². The topological polar surface area (TPSA) is 42.1 Å². The molecule has 0 saturated carbocycles. The van der Waals surface area contributed by atoms with Crippen molar-refractivity contribution < 1.29 is 9.53 Å². The van der Waals surface area contributed by atoms with E-state index in [1.54, 1.807) is 6.92 Å².